The predicted molar refractivity (Wildman–Crippen MR) is 81.3 cm³/mol. The van der Waals surface area contributed by atoms with E-state index < -0.39 is 0 Å². The van der Waals surface area contributed by atoms with E-state index in [4.69, 9.17) is 11.6 Å². The smallest absolute Gasteiger partial charge is 0.253 e. The molecule has 0 bridgehead atoms. The standard InChI is InChI=1S/C15H22ClN3O/c1-3-13-10-12(11-14(16)17-13)15(20)18(2)8-9-19-6-4-5-7-19/h10-11H,3-9H2,1-2H3. The molecule has 4 nitrogen and oxygen atoms in total. The molecule has 1 aromatic heterocycles. The van der Waals surface area contributed by atoms with E-state index in [1.54, 1.807) is 11.0 Å². The minimum atomic E-state index is 0.0168. The summed E-state index contributed by atoms with van der Waals surface area (Å²) in [5.74, 6) is 0.0168. The zero-order valence-corrected chi connectivity index (χ0v) is 13.0. The number of aromatic nitrogens is 1. The predicted octanol–water partition coefficient (Wildman–Crippen LogP) is 2.47. The monoisotopic (exact) mass is 295 g/mol. The molecule has 2 heterocycles. The van der Waals surface area contributed by atoms with Gasteiger partial charge in [-0.1, -0.05) is 18.5 Å². The number of nitrogens with zero attached hydrogens (tertiary/aromatic N) is 3. The molecule has 0 saturated carbocycles. The minimum absolute atomic E-state index is 0.0168. The van der Waals surface area contributed by atoms with Gasteiger partial charge in [-0.25, -0.2) is 4.98 Å². The number of halogens is 1. The molecule has 1 amide bonds. The van der Waals surface area contributed by atoms with Crippen molar-refractivity contribution in [1.29, 1.82) is 0 Å². The van der Waals surface area contributed by atoms with E-state index >= 15 is 0 Å². The van der Waals surface area contributed by atoms with E-state index in [0.29, 0.717) is 10.7 Å². The topological polar surface area (TPSA) is 36.4 Å². The van der Waals surface area contributed by atoms with Crippen molar-refractivity contribution in [2.24, 2.45) is 0 Å². The quantitative estimate of drug-likeness (QED) is 0.783. The molecule has 1 fully saturated rings. The summed E-state index contributed by atoms with van der Waals surface area (Å²) in [7, 11) is 1.85. The van der Waals surface area contributed by atoms with Crippen LogP contribution in [0.2, 0.25) is 5.15 Å². The molecule has 1 aliphatic heterocycles. The highest BCUT2D eigenvalue weighted by atomic mass is 35.5. The van der Waals surface area contributed by atoms with Crippen LogP contribution in [0.4, 0.5) is 0 Å². The summed E-state index contributed by atoms with van der Waals surface area (Å²) in [4.78, 5) is 20.8. The average Bonchev–Trinajstić information content (AvgIpc) is 2.96. The van der Waals surface area contributed by atoms with Crippen LogP contribution in [0.25, 0.3) is 0 Å². The maximum atomic E-state index is 12.4. The minimum Gasteiger partial charge on any atom is -0.340 e. The number of hydrogen-bond donors (Lipinski definition) is 0. The highest BCUT2D eigenvalue weighted by Gasteiger charge is 2.16. The van der Waals surface area contributed by atoms with E-state index in [2.05, 4.69) is 9.88 Å². The number of rotatable bonds is 5. The van der Waals surface area contributed by atoms with Crippen molar-refractivity contribution in [2.45, 2.75) is 26.2 Å². The summed E-state index contributed by atoms with van der Waals surface area (Å²) >= 11 is 5.97. The highest BCUT2D eigenvalue weighted by Crippen LogP contribution is 2.13. The van der Waals surface area contributed by atoms with Crippen LogP contribution in [0.3, 0.4) is 0 Å². The van der Waals surface area contributed by atoms with Gasteiger partial charge in [0.25, 0.3) is 5.91 Å². The third kappa shape index (κ3) is 3.93. The molecule has 1 saturated heterocycles. The Morgan fingerprint density at radius 2 is 2.10 bits per heavy atom. The van der Waals surface area contributed by atoms with Crippen molar-refractivity contribution >= 4 is 17.5 Å². The zero-order chi connectivity index (χ0) is 14.5. The first-order chi connectivity index (χ1) is 9.60. The molecule has 5 heteroatoms. The summed E-state index contributed by atoms with van der Waals surface area (Å²) in [6, 6.07) is 3.48. The van der Waals surface area contributed by atoms with Crippen LogP contribution in [-0.2, 0) is 6.42 Å². The fraction of sp³-hybridized carbons (Fsp3) is 0.600. The molecule has 0 N–H and O–H groups in total. The van der Waals surface area contributed by atoms with E-state index in [-0.39, 0.29) is 5.91 Å². The molecule has 0 radical (unpaired) electrons. The second-order valence-electron chi connectivity index (χ2n) is 5.30. The Kier molecular flexibility index (Phi) is 5.38. The zero-order valence-electron chi connectivity index (χ0n) is 12.2. The maximum absolute atomic E-state index is 12.4. The molecule has 0 spiro atoms. The second-order valence-corrected chi connectivity index (χ2v) is 5.69. The second kappa shape index (κ2) is 7.04. The molecule has 0 unspecified atom stereocenters. The molecule has 1 aromatic rings. The lowest BCUT2D eigenvalue weighted by Crippen LogP contribution is -2.35. The number of carbonyl (C=O) groups excluding carboxylic acids is 1. The lowest BCUT2D eigenvalue weighted by molar-refractivity contribution is 0.0782. The first kappa shape index (κ1) is 15.3. The van der Waals surface area contributed by atoms with Crippen LogP contribution in [0.15, 0.2) is 12.1 Å². The number of amides is 1. The number of likely N-dealkylation sites (tertiary alicyclic amines) is 1. The van der Waals surface area contributed by atoms with Crippen LogP contribution in [-0.4, -0.2) is 53.9 Å². The Morgan fingerprint density at radius 3 is 2.75 bits per heavy atom. The summed E-state index contributed by atoms with van der Waals surface area (Å²) < 4.78 is 0. The molecule has 0 aliphatic carbocycles. The molecular formula is C15H22ClN3O. The molecule has 0 aromatic carbocycles. The van der Waals surface area contributed by atoms with Gasteiger partial charge in [-0.3, -0.25) is 4.79 Å². The third-order valence-electron chi connectivity index (χ3n) is 3.75. The fourth-order valence-corrected chi connectivity index (χ4v) is 2.70. The van der Waals surface area contributed by atoms with Crippen molar-refractivity contribution in [3.05, 3.63) is 28.5 Å². The van der Waals surface area contributed by atoms with E-state index in [1.165, 1.54) is 12.8 Å². The van der Waals surface area contributed by atoms with Gasteiger partial charge >= 0.3 is 0 Å². The van der Waals surface area contributed by atoms with Crippen molar-refractivity contribution in [3.8, 4) is 0 Å². The Balaban J connectivity index is 1.96. The Bertz CT molecular complexity index is 472. The van der Waals surface area contributed by atoms with Gasteiger partial charge in [0.2, 0.25) is 0 Å². The van der Waals surface area contributed by atoms with E-state index in [1.807, 2.05) is 20.0 Å². The van der Waals surface area contributed by atoms with Gasteiger partial charge in [0.05, 0.1) is 0 Å². The summed E-state index contributed by atoms with van der Waals surface area (Å²) in [6.45, 7) is 6.01. The van der Waals surface area contributed by atoms with E-state index in [0.717, 1.165) is 38.3 Å². The van der Waals surface area contributed by atoms with Crippen molar-refractivity contribution in [3.63, 3.8) is 0 Å². The summed E-state index contributed by atoms with van der Waals surface area (Å²) in [5, 5.41) is 0.389. The molecule has 1 aliphatic rings. The SMILES string of the molecule is CCc1cc(C(=O)N(C)CCN2CCCC2)cc(Cl)n1. The molecule has 20 heavy (non-hydrogen) atoms. The van der Waals surface area contributed by atoms with Gasteiger partial charge in [0.15, 0.2) is 0 Å². The lowest BCUT2D eigenvalue weighted by atomic mass is 10.2. The number of pyridine rings is 1. The van der Waals surface area contributed by atoms with Crippen molar-refractivity contribution in [1.82, 2.24) is 14.8 Å². The van der Waals surface area contributed by atoms with Crippen LogP contribution >= 0.6 is 11.6 Å². The van der Waals surface area contributed by atoms with Gasteiger partial charge < -0.3 is 9.80 Å². The number of likely N-dealkylation sites (N-methyl/N-ethyl adjacent to an activating group) is 1. The number of aryl methyl sites for hydroxylation is 1. The summed E-state index contributed by atoms with van der Waals surface area (Å²) in [6.07, 6.45) is 3.33. The first-order valence-corrected chi connectivity index (χ1v) is 7.62. The fourth-order valence-electron chi connectivity index (χ4n) is 2.48. The Hall–Kier alpha value is -1.13. The van der Waals surface area contributed by atoms with Crippen LogP contribution in [0, 0.1) is 0 Å². The lowest BCUT2D eigenvalue weighted by Gasteiger charge is -2.21. The summed E-state index contributed by atoms with van der Waals surface area (Å²) in [5.41, 5.74) is 1.49. The van der Waals surface area contributed by atoms with Crippen LogP contribution < -0.4 is 0 Å². The normalized spacial score (nSPS) is 15.6. The average molecular weight is 296 g/mol. The highest BCUT2D eigenvalue weighted by molar-refractivity contribution is 6.29. The Labute approximate surface area is 125 Å². The number of carbonyl (C=O) groups is 1. The molecular weight excluding hydrogens is 274 g/mol. The first-order valence-electron chi connectivity index (χ1n) is 7.24. The molecule has 2 rings (SSSR count). The van der Waals surface area contributed by atoms with Crippen LogP contribution in [0.5, 0.6) is 0 Å². The van der Waals surface area contributed by atoms with Gasteiger partial charge in [0, 0.05) is 31.4 Å². The third-order valence-corrected chi connectivity index (χ3v) is 3.95. The van der Waals surface area contributed by atoms with Gasteiger partial charge in [-0.15, -0.1) is 0 Å². The Morgan fingerprint density at radius 1 is 1.40 bits per heavy atom. The van der Waals surface area contributed by atoms with Crippen molar-refractivity contribution in [2.75, 3.05) is 33.2 Å². The van der Waals surface area contributed by atoms with Crippen LogP contribution in [0.1, 0.15) is 35.8 Å². The maximum Gasteiger partial charge on any atom is 0.253 e. The molecule has 110 valence electrons. The largest absolute Gasteiger partial charge is 0.340 e. The van der Waals surface area contributed by atoms with Crippen molar-refractivity contribution < 1.29 is 4.79 Å². The van der Waals surface area contributed by atoms with Gasteiger partial charge in [-0.2, -0.15) is 0 Å². The number of hydrogen-bond acceptors (Lipinski definition) is 3. The molecule has 0 atom stereocenters. The van der Waals surface area contributed by atoms with Gasteiger partial charge in [0.1, 0.15) is 5.15 Å². The van der Waals surface area contributed by atoms with Gasteiger partial charge in [-0.05, 0) is 44.5 Å². The van der Waals surface area contributed by atoms with E-state index in [9.17, 15) is 4.79 Å².